The molecule has 0 atom stereocenters. The number of nitrogens with one attached hydrogen (secondary N) is 1. The fourth-order valence-corrected chi connectivity index (χ4v) is 3.26. The van der Waals surface area contributed by atoms with Gasteiger partial charge in [0.05, 0.1) is 18.3 Å². The van der Waals surface area contributed by atoms with E-state index < -0.39 is 0 Å². The zero-order chi connectivity index (χ0) is 16.4. The Balaban J connectivity index is 1.71. The topological polar surface area (TPSA) is 55.7 Å². The summed E-state index contributed by atoms with van der Waals surface area (Å²) in [5.74, 6) is 1.56. The number of ether oxygens (including phenoxy) is 1. The lowest BCUT2D eigenvalue weighted by Crippen LogP contribution is -2.00. The van der Waals surface area contributed by atoms with Crippen molar-refractivity contribution in [3.8, 4) is 17.1 Å². The van der Waals surface area contributed by atoms with Crippen LogP contribution in [0, 0.1) is 0 Å². The van der Waals surface area contributed by atoms with Crippen LogP contribution in [0.1, 0.15) is 4.88 Å². The molecule has 0 fully saturated rings. The molecule has 0 aliphatic heterocycles. The van der Waals surface area contributed by atoms with Gasteiger partial charge >= 0.3 is 0 Å². The summed E-state index contributed by atoms with van der Waals surface area (Å²) in [5.41, 5.74) is 2.69. The third kappa shape index (κ3) is 2.72. The molecule has 0 aliphatic carbocycles. The molecular weight excluding hydrogens is 320 g/mol. The Kier molecular flexibility index (Phi) is 3.88. The largest absolute Gasteiger partial charge is 0.489 e. The Morgan fingerprint density at radius 2 is 2.17 bits per heavy atom. The van der Waals surface area contributed by atoms with Gasteiger partial charge in [0.1, 0.15) is 23.7 Å². The van der Waals surface area contributed by atoms with E-state index in [-0.39, 0.29) is 0 Å². The molecule has 6 heteroatoms. The zero-order valence-electron chi connectivity index (χ0n) is 13.0. The van der Waals surface area contributed by atoms with Gasteiger partial charge < -0.3 is 9.72 Å². The lowest BCUT2D eigenvalue weighted by atomic mass is 10.2. The molecular formula is C18H16N4OS. The fourth-order valence-electron chi connectivity index (χ4n) is 2.58. The van der Waals surface area contributed by atoms with Crippen LogP contribution in [-0.2, 0) is 6.54 Å². The summed E-state index contributed by atoms with van der Waals surface area (Å²) in [7, 11) is 0. The Hall–Kier alpha value is -2.86. The minimum absolute atomic E-state index is 0.462. The van der Waals surface area contributed by atoms with Crippen molar-refractivity contribution in [3.05, 3.63) is 65.5 Å². The summed E-state index contributed by atoms with van der Waals surface area (Å²) < 4.78 is 7.64. The molecule has 120 valence electrons. The third-order valence-corrected chi connectivity index (χ3v) is 4.53. The van der Waals surface area contributed by atoms with Gasteiger partial charge in [-0.2, -0.15) is 5.10 Å². The summed E-state index contributed by atoms with van der Waals surface area (Å²) in [6.45, 7) is 4.88. The standard InChI is InChI=1S/C18H16N4OS/c1-2-9-23-16-8-4-3-7-14(16)17-20-15-11-19-22(18(15)21-17)12-13-6-5-10-24-13/h2-8,10-11H,1,9,12H2,(H,20,21). The minimum Gasteiger partial charge on any atom is -0.489 e. The summed E-state index contributed by atoms with van der Waals surface area (Å²) in [6.07, 6.45) is 3.54. The molecule has 1 N–H and O–H groups in total. The molecule has 3 heterocycles. The van der Waals surface area contributed by atoms with Crippen LogP contribution in [0.3, 0.4) is 0 Å². The van der Waals surface area contributed by atoms with Crippen molar-refractivity contribution in [2.24, 2.45) is 0 Å². The summed E-state index contributed by atoms with van der Waals surface area (Å²) in [6, 6.07) is 12.0. The van der Waals surface area contributed by atoms with E-state index in [1.807, 2.05) is 41.2 Å². The first-order valence-corrected chi connectivity index (χ1v) is 8.50. The van der Waals surface area contributed by atoms with E-state index in [1.165, 1.54) is 4.88 Å². The fraction of sp³-hybridized carbons (Fsp3) is 0.111. The van der Waals surface area contributed by atoms with E-state index in [1.54, 1.807) is 17.4 Å². The molecule has 0 amide bonds. The van der Waals surface area contributed by atoms with Crippen LogP contribution in [0.15, 0.2) is 60.6 Å². The number of H-pyrrole nitrogens is 1. The number of fused-ring (bicyclic) bond motifs is 1. The third-order valence-electron chi connectivity index (χ3n) is 3.67. The molecule has 0 bridgehead atoms. The van der Waals surface area contributed by atoms with Crippen molar-refractivity contribution in [2.45, 2.75) is 6.54 Å². The van der Waals surface area contributed by atoms with Crippen LogP contribution in [0.5, 0.6) is 5.75 Å². The predicted molar refractivity (Wildman–Crippen MR) is 96.4 cm³/mol. The average Bonchev–Trinajstić information content (AvgIpc) is 3.32. The Morgan fingerprint density at radius 1 is 1.25 bits per heavy atom. The molecule has 4 rings (SSSR count). The molecule has 3 aromatic heterocycles. The predicted octanol–water partition coefficient (Wildman–Crippen LogP) is 4.10. The van der Waals surface area contributed by atoms with Gasteiger partial charge in [-0.05, 0) is 23.6 Å². The zero-order valence-corrected chi connectivity index (χ0v) is 13.8. The molecule has 1 aromatic carbocycles. The van der Waals surface area contributed by atoms with Crippen molar-refractivity contribution in [2.75, 3.05) is 6.61 Å². The number of hydrogen-bond acceptors (Lipinski definition) is 4. The molecule has 0 spiro atoms. The quantitative estimate of drug-likeness (QED) is 0.539. The number of benzene rings is 1. The smallest absolute Gasteiger partial charge is 0.177 e. The van der Waals surface area contributed by atoms with Crippen molar-refractivity contribution in [3.63, 3.8) is 0 Å². The number of nitrogens with zero attached hydrogens (tertiary/aromatic N) is 3. The van der Waals surface area contributed by atoms with Crippen LogP contribution < -0.4 is 4.74 Å². The van der Waals surface area contributed by atoms with Gasteiger partial charge in [0, 0.05) is 4.88 Å². The Bertz CT molecular complexity index is 968. The molecule has 0 unspecified atom stereocenters. The van der Waals surface area contributed by atoms with E-state index in [9.17, 15) is 0 Å². The molecule has 5 nitrogen and oxygen atoms in total. The lowest BCUT2D eigenvalue weighted by Gasteiger charge is -2.07. The molecule has 24 heavy (non-hydrogen) atoms. The summed E-state index contributed by atoms with van der Waals surface area (Å²) in [4.78, 5) is 9.32. The monoisotopic (exact) mass is 336 g/mol. The molecule has 0 saturated heterocycles. The second-order valence-electron chi connectivity index (χ2n) is 5.30. The number of hydrogen-bond donors (Lipinski definition) is 1. The first-order chi connectivity index (χ1) is 11.8. The van der Waals surface area contributed by atoms with Gasteiger partial charge in [-0.15, -0.1) is 11.3 Å². The number of imidazole rings is 1. The highest BCUT2D eigenvalue weighted by molar-refractivity contribution is 7.09. The Labute approximate surface area is 143 Å². The van der Waals surface area contributed by atoms with Crippen molar-refractivity contribution in [1.82, 2.24) is 19.7 Å². The lowest BCUT2D eigenvalue weighted by molar-refractivity contribution is 0.364. The van der Waals surface area contributed by atoms with Crippen LogP contribution in [0.4, 0.5) is 0 Å². The second-order valence-corrected chi connectivity index (χ2v) is 6.33. The van der Waals surface area contributed by atoms with Crippen molar-refractivity contribution < 1.29 is 4.74 Å². The van der Waals surface area contributed by atoms with Crippen LogP contribution in [-0.4, -0.2) is 26.4 Å². The second kappa shape index (κ2) is 6.33. The molecule has 0 aliphatic rings. The first kappa shape index (κ1) is 14.7. The number of thiophene rings is 1. The number of aromatic nitrogens is 4. The van der Waals surface area contributed by atoms with Gasteiger partial charge in [0.15, 0.2) is 5.65 Å². The van der Waals surface area contributed by atoms with E-state index >= 15 is 0 Å². The van der Waals surface area contributed by atoms with Crippen LogP contribution in [0.25, 0.3) is 22.6 Å². The Morgan fingerprint density at radius 3 is 3.00 bits per heavy atom. The molecule has 0 saturated carbocycles. The first-order valence-electron chi connectivity index (χ1n) is 7.62. The van der Waals surface area contributed by atoms with Gasteiger partial charge in [0.2, 0.25) is 0 Å². The van der Waals surface area contributed by atoms with Crippen LogP contribution >= 0.6 is 11.3 Å². The maximum atomic E-state index is 5.73. The van der Waals surface area contributed by atoms with Gasteiger partial charge in [-0.25, -0.2) is 9.67 Å². The number of rotatable bonds is 6. The number of para-hydroxylation sites is 1. The van der Waals surface area contributed by atoms with E-state index in [4.69, 9.17) is 9.72 Å². The highest BCUT2D eigenvalue weighted by Crippen LogP contribution is 2.29. The van der Waals surface area contributed by atoms with E-state index in [0.717, 1.165) is 34.8 Å². The minimum atomic E-state index is 0.462. The maximum Gasteiger partial charge on any atom is 0.177 e. The van der Waals surface area contributed by atoms with E-state index in [2.05, 4.69) is 28.1 Å². The summed E-state index contributed by atoms with van der Waals surface area (Å²) in [5, 5.41) is 6.49. The number of aromatic amines is 1. The summed E-state index contributed by atoms with van der Waals surface area (Å²) >= 11 is 1.72. The highest BCUT2D eigenvalue weighted by atomic mass is 32.1. The maximum absolute atomic E-state index is 5.73. The van der Waals surface area contributed by atoms with Gasteiger partial charge in [-0.3, -0.25) is 0 Å². The van der Waals surface area contributed by atoms with E-state index in [0.29, 0.717) is 6.61 Å². The molecule has 0 radical (unpaired) electrons. The average molecular weight is 336 g/mol. The van der Waals surface area contributed by atoms with Gasteiger partial charge in [-0.1, -0.05) is 30.9 Å². The molecule has 4 aromatic rings. The van der Waals surface area contributed by atoms with Crippen LogP contribution in [0.2, 0.25) is 0 Å². The van der Waals surface area contributed by atoms with Gasteiger partial charge in [0.25, 0.3) is 0 Å². The van der Waals surface area contributed by atoms with Crippen molar-refractivity contribution in [1.29, 1.82) is 0 Å². The normalized spacial score (nSPS) is 11.0. The highest BCUT2D eigenvalue weighted by Gasteiger charge is 2.14. The van der Waals surface area contributed by atoms with Crippen molar-refractivity contribution >= 4 is 22.5 Å². The SMILES string of the molecule is C=CCOc1ccccc1-c1nc2c(cnn2Cc2cccs2)[nH]1.